The third-order valence-electron chi connectivity index (χ3n) is 6.41. The monoisotopic (exact) mass is 410 g/mol. The number of H-pyrrole nitrogens is 1. The van der Waals surface area contributed by atoms with Crippen LogP contribution in [-0.4, -0.2) is 45.6 Å². The third kappa shape index (κ3) is 3.22. The van der Waals surface area contributed by atoms with Gasteiger partial charge in [-0.1, -0.05) is 31.0 Å². The molecule has 4 atom stereocenters. The first-order chi connectivity index (χ1) is 14.3. The number of ketones is 1. The number of rotatable bonds is 5. The Balaban J connectivity index is 1.49. The van der Waals surface area contributed by atoms with Crippen molar-refractivity contribution < 1.29 is 23.9 Å². The molecule has 30 heavy (non-hydrogen) atoms. The van der Waals surface area contributed by atoms with Crippen LogP contribution in [0.4, 0.5) is 0 Å². The van der Waals surface area contributed by atoms with E-state index in [1.54, 1.807) is 6.92 Å². The van der Waals surface area contributed by atoms with E-state index in [0.29, 0.717) is 24.1 Å². The summed E-state index contributed by atoms with van der Waals surface area (Å²) in [6.45, 7) is 4.80. The molecule has 2 amide bonds. The zero-order chi connectivity index (χ0) is 21.6. The highest BCUT2D eigenvalue weighted by Gasteiger charge is 2.51. The lowest BCUT2D eigenvalue weighted by Crippen LogP contribution is -2.45. The summed E-state index contributed by atoms with van der Waals surface area (Å²) >= 11 is 0. The van der Waals surface area contributed by atoms with Crippen molar-refractivity contribution in [3.8, 4) is 0 Å². The molecule has 0 spiro atoms. The number of esters is 1. The molecule has 1 N–H and O–H groups in total. The minimum Gasteiger partial charge on any atom is -0.453 e. The number of carbonyl (C=O) groups excluding carboxylic acids is 4. The third-order valence-corrected chi connectivity index (χ3v) is 6.41. The number of hydrogen-bond donors (Lipinski definition) is 1. The molecule has 2 heterocycles. The zero-order valence-corrected chi connectivity index (χ0v) is 17.4. The maximum atomic E-state index is 13.0. The van der Waals surface area contributed by atoms with Crippen LogP contribution in [0.1, 0.15) is 55.6 Å². The van der Waals surface area contributed by atoms with Gasteiger partial charge in [0.1, 0.15) is 6.04 Å². The summed E-state index contributed by atoms with van der Waals surface area (Å²) in [5.41, 5.74) is 2.02. The summed E-state index contributed by atoms with van der Waals surface area (Å²) in [7, 11) is 0. The Morgan fingerprint density at radius 2 is 1.67 bits per heavy atom. The lowest BCUT2D eigenvalue weighted by Gasteiger charge is -2.23. The predicted molar refractivity (Wildman–Crippen MR) is 110 cm³/mol. The number of amides is 2. The number of benzene rings is 1. The lowest BCUT2D eigenvalue weighted by atomic mass is 9.81. The number of ether oxygens (including phenoxy) is 1. The fourth-order valence-corrected chi connectivity index (χ4v) is 4.80. The summed E-state index contributed by atoms with van der Waals surface area (Å²) < 4.78 is 5.42. The van der Waals surface area contributed by atoms with Crippen LogP contribution in [0.15, 0.2) is 24.3 Å². The van der Waals surface area contributed by atoms with E-state index in [1.807, 2.05) is 24.3 Å². The second kappa shape index (κ2) is 7.70. The Morgan fingerprint density at radius 1 is 1.07 bits per heavy atom. The number of hydrogen-bond acceptors (Lipinski definition) is 5. The number of nitrogens with zero attached hydrogens (tertiary/aromatic N) is 1. The Labute approximate surface area is 174 Å². The van der Waals surface area contributed by atoms with Crippen molar-refractivity contribution in [2.75, 3.05) is 0 Å². The fourth-order valence-electron chi connectivity index (χ4n) is 4.80. The van der Waals surface area contributed by atoms with Gasteiger partial charge >= 0.3 is 5.97 Å². The number of likely N-dealkylation sites (tertiary alicyclic amines) is 1. The van der Waals surface area contributed by atoms with Gasteiger partial charge in [-0.15, -0.1) is 0 Å². The fraction of sp³-hybridized carbons (Fsp3) is 0.478. The zero-order valence-electron chi connectivity index (χ0n) is 17.4. The van der Waals surface area contributed by atoms with Crippen molar-refractivity contribution in [2.45, 2.75) is 58.6 Å². The predicted octanol–water partition coefficient (Wildman–Crippen LogP) is 3.15. The van der Waals surface area contributed by atoms with Gasteiger partial charge in [-0.3, -0.25) is 19.3 Å². The number of Topliss-reactive ketones (excluding diaryl/α,β-unsaturated/α-hetero) is 1. The van der Waals surface area contributed by atoms with E-state index in [0.717, 1.165) is 28.6 Å². The summed E-state index contributed by atoms with van der Waals surface area (Å²) in [5.74, 6) is -2.29. The highest BCUT2D eigenvalue weighted by Crippen LogP contribution is 2.39. The van der Waals surface area contributed by atoms with Crippen molar-refractivity contribution in [1.82, 2.24) is 9.88 Å². The van der Waals surface area contributed by atoms with Gasteiger partial charge in [0.15, 0.2) is 6.10 Å². The van der Waals surface area contributed by atoms with Crippen LogP contribution in [0.3, 0.4) is 0 Å². The van der Waals surface area contributed by atoms with Crippen molar-refractivity contribution in [3.05, 3.63) is 35.5 Å². The largest absolute Gasteiger partial charge is 0.453 e. The van der Waals surface area contributed by atoms with Crippen LogP contribution < -0.4 is 0 Å². The maximum Gasteiger partial charge on any atom is 0.329 e. The second-order valence-corrected chi connectivity index (χ2v) is 8.33. The van der Waals surface area contributed by atoms with E-state index in [4.69, 9.17) is 4.74 Å². The minimum atomic E-state index is -1.05. The molecule has 2 aromatic rings. The molecule has 1 aromatic heterocycles. The van der Waals surface area contributed by atoms with Crippen LogP contribution >= 0.6 is 0 Å². The Kier molecular flexibility index (Phi) is 5.22. The Bertz CT molecular complexity index is 1020. The van der Waals surface area contributed by atoms with E-state index in [1.165, 1.54) is 13.8 Å². The average Bonchev–Trinajstić information content (AvgIpc) is 3.20. The number of aryl methyl sites for hydroxylation is 1. The summed E-state index contributed by atoms with van der Waals surface area (Å²) in [6, 6.07) is 6.39. The summed E-state index contributed by atoms with van der Waals surface area (Å²) in [4.78, 5) is 55.4. The van der Waals surface area contributed by atoms with E-state index in [-0.39, 0.29) is 29.4 Å². The minimum absolute atomic E-state index is 0.291. The Hall–Kier alpha value is -2.96. The van der Waals surface area contributed by atoms with Crippen molar-refractivity contribution in [3.63, 3.8) is 0 Å². The smallest absolute Gasteiger partial charge is 0.329 e. The molecule has 1 aromatic carbocycles. The van der Waals surface area contributed by atoms with Crippen LogP contribution in [-0.2, 0) is 19.1 Å². The van der Waals surface area contributed by atoms with E-state index in [9.17, 15) is 19.2 Å². The first-order valence-electron chi connectivity index (χ1n) is 10.5. The molecule has 7 heteroatoms. The number of aromatic amines is 1. The van der Waals surface area contributed by atoms with Crippen LogP contribution in [0.5, 0.6) is 0 Å². The molecule has 2 fully saturated rings. The number of para-hydroxylation sites is 1. The van der Waals surface area contributed by atoms with Gasteiger partial charge in [-0.05, 0) is 39.7 Å². The molecule has 0 radical (unpaired) electrons. The molecule has 158 valence electrons. The summed E-state index contributed by atoms with van der Waals surface area (Å²) in [6.07, 6.45) is 2.17. The average molecular weight is 410 g/mol. The van der Waals surface area contributed by atoms with Gasteiger partial charge in [-0.2, -0.15) is 0 Å². The van der Waals surface area contributed by atoms with Gasteiger partial charge in [0, 0.05) is 22.2 Å². The molecule has 1 saturated heterocycles. The van der Waals surface area contributed by atoms with Crippen molar-refractivity contribution >= 4 is 34.5 Å². The van der Waals surface area contributed by atoms with Gasteiger partial charge < -0.3 is 9.72 Å². The molecule has 0 unspecified atom stereocenters. The standard InChI is InChI=1S/C23H26N2O5/c1-12-19(17-10-6-7-11-18(17)24-12)20(26)14(3)30-23(29)13(2)25-21(27)15-8-4-5-9-16(15)22(25)28/h6-7,10-11,13-16,24H,4-5,8-9H2,1-3H3/t13-,14-,15-,16-/m0/s1. The molecule has 4 rings (SSSR count). The van der Waals surface area contributed by atoms with E-state index >= 15 is 0 Å². The molecule has 1 aliphatic heterocycles. The van der Waals surface area contributed by atoms with Gasteiger partial charge in [0.2, 0.25) is 17.6 Å². The highest BCUT2D eigenvalue weighted by atomic mass is 16.5. The maximum absolute atomic E-state index is 13.0. The molecule has 1 saturated carbocycles. The molecular weight excluding hydrogens is 384 g/mol. The first-order valence-corrected chi connectivity index (χ1v) is 10.5. The second-order valence-electron chi connectivity index (χ2n) is 8.33. The summed E-state index contributed by atoms with van der Waals surface area (Å²) in [5, 5.41) is 0.768. The molecule has 0 bridgehead atoms. The highest BCUT2D eigenvalue weighted by molar-refractivity contribution is 6.12. The number of fused-ring (bicyclic) bond motifs is 2. The van der Waals surface area contributed by atoms with Gasteiger partial charge in [0.25, 0.3) is 0 Å². The number of imide groups is 1. The van der Waals surface area contributed by atoms with Crippen molar-refractivity contribution in [2.24, 2.45) is 11.8 Å². The normalized spacial score (nSPS) is 23.4. The quantitative estimate of drug-likeness (QED) is 0.464. The first kappa shape index (κ1) is 20.3. The topological polar surface area (TPSA) is 96.5 Å². The van der Waals surface area contributed by atoms with Gasteiger partial charge in [-0.25, -0.2) is 4.79 Å². The SMILES string of the molecule is Cc1[nH]c2ccccc2c1C(=O)[C@H](C)OC(=O)[C@H](C)N1C(=O)[C@H]2CCCC[C@@H]2C1=O. The molecule has 2 aliphatic rings. The van der Waals surface area contributed by atoms with Crippen LogP contribution in [0.25, 0.3) is 10.9 Å². The molecule has 1 aliphatic carbocycles. The number of carbonyl (C=O) groups is 4. The van der Waals surface area contributed by atoms with E-state index in [2.05, 4.69) is 4.98 Å². The number of nitrogens with one attached hydrogen (secondary N) is 1. The van der Waals surface area contributed by atoms with Crippen molar-refractivity contribution in [1.29, 1.82) is 0 Å². The van der Waals surface area contributed by atoms with Crippen LogP contribution in [0.2, 0.25) is 0 Å². The number of aromatic nitrogens is 1. The molecule has 7 nitrogen and oxygen atoms in total. The van der Waals surface area contributed by atoms with Crippen LogP contribution in [0, 0.1) is 18.8 Å². The van der Waals surface area contributed by atoms with E-state index < -0.39 is 18.1 Å². The lowest BCUT2D eigenvalue weighted by molar-refractivity contribution is -0.159. The molecular formula is C23H26N2O5. The van der Waals surface area contributed by atoms with Gasteiger partial charge in [0.05, 0.1) is 11.8 Å². The Morgan fingerprint density at radius 3 is 2.30 bits per heavy atom.